The summed E-state index contributed by atoms with van der Waals surface area (Å²) in [5, 5.41) is 0. The molecule has 0 aromatic heterocycles. The number of carbonyl (C=O) groups is 3. The Kier molecular flexibility index (Phi) is 6.72. The lowest BCUT2D eigenvalue weighted by molar-refractivity contribution is -0.157. The normalized spacial score (nSPS) is 19.0. The van der Waals surface area contributed by atoms with E-state index in [1.165, 1.54) is 14.2 Å². The molecule has 0 aliphatic carbocycles. The van der Waals surface area contributed by atoms with Crippen LogP contribution in [-0.2, 0) is 35.2 Å². The van der Waals surface area contributed by atoms with Gasteiger partial charge in [-0.15, -0.1) is 0 Å². The van der Waals surface area contributed by atoms with E-state index in [1.54, 1.807) is 13.8 Å². The van der Waals surface area contributed by atoms with E-state index in [0.29, 0.717) is 11.4 Å². The van der Waals surface area contributed by atoms with Crippen molar-refractivity contribution < 1.29 is 28.6 Å². The van der Waals surface area contributed by atoms with Gasteiger partial charge in [0.2, 0.25) is 0 Å². The molecule has 150 valence electrons. The zero-order chi connectivity index (χ0) is 21.0. The number of ether oxygens (including phenoxy) is 3. The Morgan fingerprint density at radius 2 is 1.64 bits per heavy atom. The first kappa shape index (κ1) is 21.3. The summed E-state index contributed by atoms with van der Waals surface area (Å²) in [6.07, 6.45) is 0. The molecule has 0 bridgehead atoms. The summed E-state index contributed by atoms with van der Waals surface area (Å²) in [6.45, 7) is 7.10. The molecule has 7 heteroatoms. The summed E-state index contributed by atoms with van der Waals surface area (Å²) in [6, 6.07) is 5.84. The highest BCUT2D eigenvalue weighted by Gasteiger charge is 2.46. The quantitative estimate of drug-likeness (QED) is 0.570. The molecule has 0 radical (unpaired) electrons. The van der Waals surface area contributed by atoms with Crippen LogP contribution in [-0.4, -0.2) is 37.8 Å². The summed E-state index contributed by atoms with van der Waals surface area (Å²) in [5.41, 5.74) is 3.57. The maximum absolute atomic E-state index is 13.0. The van der Waals surface area contributed by atoms with E-state index in [1.807, 2.05) is 32.0 Å². The SMILES string of the molecule is COC(=O)C1=C(C)N=C(C)C(C(=O)OC)[C@H]1C(=O)OCc1cc(C)ccc1C. The number of hydrogen-bond donors (Lipinski definition) is 0. The van der Waals surface area contributed by atoms with Crippen molar-refractivity contribution in [2.24, 2.45) is 16.8 Å². The lowest BCUT2D eigenvalue weighted by atomic mass is 9.80. The minimum Gasteiger partial charge on any atom is -0.468 e. The Bertz CT molecular complexity index is 868. The Morgan fingerprint density at radius 1 is 0.964 bits per heavy atom. The third kappa shape index (κ3) is 4.30. The molecule has 7 nitrogen and oxygen atoms in total. The van der Waals surface area contributed by atoms with E-state index in [2.05, 4.69) is 4.99 Å². The molecule has 2 atom stereocenters. The lowest BCUT2D eigenvalue weighted by Crippen LogP contribution is -2.42. The number of hydrogen-bond acceptors (Lipinski definition) is 7. The highest BCUT2D eigenvalue weighted by molar-refractivity contribution is 6.10. The topological polar surface area (TPSA) is 91.3 Å². The fourth-order valence-electron chi connectivity index (χ4n) is 3.29. The van der Waals surface area contributed by atoms with Crippen molar-refractivity contribution in [2.75, 3.05) is 14.2 Å². The van der Waals surface area contributed by atoms with Crippen molar-refractivity contribution in [3.63, 3.8) is 0 Å². The summed E-state index contributed by atoms with van der Waals surface area (Å²) in [5.74, 6) is -4.32. The summed E-state index contributed by atoms with van der Waals surface area (Å²) in [4.78, 5) is 41.9. The molecule has 2 rings (SSSR count). The number of allylic oxidation sites excluding steroid dienone is 1. The molecule has 0 saturated heterocycles. The van der Waals surface area contributed by atoms with E-state index in [9.17, 15) is 14.4 Å². The van der Waals surface area contributed by atoms with Gasteiger partial charge in [-0.25, -0.2) is 4.79 Å². The largest absolute Gasteiger partial charge is 0.468 e. The number of benzene rings is 1. The van der Waals surface area contributed by atoms with Crippen LogP contribution in [0.4, 0.5) is 0 Å². The van der Waals surface area contributed by atoms with Crippen molar-refractivity contribution >= 4 is 23.6 Å². The van der Waals surface area contributed by atoms with Gasteiger partial charge < -0.3 is 14.2 Å². The van der Waals surface area contributed by atoms with Crippen LogP contribution in [0.1, 0.15) is 30.5 Å². The summed E-state index contributed by atoms with van der Waals surface area (Å²) in [7, 11) is 2.43. The molecule has 1 aliphatic heterocycles. The van der Waals surface area contributed by atoms with Crippen LogP contribution in [0.2, 0.25) is 0 Å². The second-order valence-corrected chi connectivity index (χ2v) is 6.76. The van der Waals surface area contributed by atoms with Crippen molar-refractivity contribution in [2.45, 2.75) is 34.3 Å². The molecule has 0 spiro atoms. The molecule has 28 heavy (non-hydrogen) atoms. The minimum absolute atomic E-state index is 0.00876. The Balaban J connectivity index is 2.38. The van der Waals surface area contributed by atoms with Gasteiger partial charge in [-0.05, 0) is 38.8 Å². The second-order valence-electron chi connectivity index (χ2n) is 6.76. The summed E-state index contributed by atoms with van der Waals surface area (Å²) < 4.78 is 15.1. The fraction of sp³-hybridized carbons (Fsp3) is 0.429. The van der Waals surface area contributed by atoms with Crippen LogP contribution in [0, 0.1) is 25.7 Å². The van der Waals surface area contributed by atoms with Crippen LogP contribution in [0.5, 0.6) is 0 Å². The molecular formula is C21H25NO6. The molecule has 1 aromatic carbocycles. The number of esters is 3. The van der Waals surface area contributed by atoms with Gasteiger partial charge in [0.05, 0.1) is 19.8 Å². The second kappa shape index (κ2) is 8.82. The molecule has 1 heterocycles. The zero-order valence-electron chi connectivity index (χ0n) is 17.0. The smallest absolute Gasteiger partial charge is 0.336 e. The highest BCUT2D eigenvalue weighted by Crippen LogP contribution is 2.33. The number of carbonyl (C=O) groups excluding carboxylic acids is 3. The van der Waals surface area contributed by atoms with Gasteiger partial charge in [-0.1, -0.05) is 23.8 Å². The first-order valence-electron chi connectivity index (χ1n) is 8.86. The maximum atomic E-state index is 13.0. The first-order valence-corrected chi connectivity index (χ1v) is 8.86. The zero-order valence-corrected chi connectivity index (χ0v) is 17.0. The molecule has 1 aliphatic rings. The van der Waals surface area contributed by atoms with Gasteiger partial charge >= 0.3 is 17.9 Å². The molecule has 0 amide bonds. The molecule has 1 unspecified atom stereocenters. The Labute approximate surface area is 164 Å². The van der Waals surface area contributed by atoms with Gasteiger partial charge in [-0.3, -0.25) is 14.6 Å². The predicted octanol–water partition coefficient (Wildman–Crippen LogP) is 2.67. The van der Waals surface area contributed by atoms with E-state index in [0.717, 1.165) is 16.7 Å². The minimum atomic E-state index is -1.18. The van der Waals surface area contributed by atoms with E-state index >= 15 is 0 Å². The maximum Gasteiger partial charge on any atom is 0.336 e. The number of methoxy groups -OCH3 is 2. The Morgan fingerprint density at radius 3 is 2.25 bits per heavy atom. The van der Waals surface area contributed by atoms with Crippen LogP contribution >= 0.6 is 0 Å². The van der Waals surface area contributed by atoms with Crippen LogP contribution in [0.3, 0.4) is 0 Å². The molecule has 0 saturated carbocycles. The van der Waals surface area contributed by atoms with Crippen molar-refractivity contribution in [3.05, 3.63) is 46.2 Å². The van der Waals surface area contributed by atoms with Crippen LogP contribution < -0.4 is 0 Å². The number of nitrogens with zero attached hydrogens (tertiary/aromatic N) is 1. The average Bonchev–Trinajstić information content (AvgIpc) is 2.66. The van der Waals surface area contributed by atoms with E-state index in [-0.39, 0.29) is 12.2 Å². The Hall–Kier alpha value is -2.96. The van der Waals surface area contributed by atoms with Crippen molar-refractivity contribution in [1.82, 2.24) is 0 Å². The van der Waals surface area contributed by atoms with Gasteiger partial charge in [-0.2, -0.15) is 0 Å². The standard InChI is InChI=1S/C21H25NO6/c1-11-7-8-12(2)15(9-11)10-28-21(25)18-16(19(23)26-5)13(3)22-14(4)17(18)20(24)27-6/h7-9,16,18H,10H2,1-6H3/t16?,18-/m1/s1. The van der Waals surface area contributed by atoms with Crippen molar-refractivity contribution in [1.29, 1.82) is 0 Å². The van der Waals surface area contributed by atoms with Crippen LogP contribution in [0.15, 0.2) is 34.5 Å². The number of rotatable bonds is 5. The van der Waals surface area contributed by atoms with Gasteiger partial charge in [0.15, 0.2) is 0 Å². The monoisotopic (exact) mass is 387 g/mol. The van der Waals surface area contributed by atoms with E-state index < -0.39 is 29.7 Å². The first-order chi connectivity index (χ1) is 13.2. The molecule has 0 fully saturated rings. The molecule has 0 N–H and O–H groups in total. The predicted molar refractivity (Wildman–Crippen MR) is 103 cm³/mol. The fourth-order valence-corrected chi connectivity index (χ4v) is 3.29. The van der Waals surface area contributed by atoms with E-state index in [4.69, 9.17) is 14.2 Å². The number of aryl methyl sites for hydroxylation is 2. The van der Waals surface area contributed by atoms with Crippen molar-refractivity contribution in [3.8, 4) is 0 Å². The third-order valence-electron chi connectivity index (χ3n) is 4.82. The third-order valence-corrected chi connectivity index (χ3v) is 4.82. The lowest BCUT2D eigenvalue weighted by Gasteiger charge is -2.29. The molecular weight excluding hydrogens is 362 g/mol. The van der Waals surface area contributed by atoms with Gasteiger partial charge in [0.25, 0.3) is 0 Å². The molecule has 1 aromatic rings. The van der Waals surface area contributed by atoms with Gasteiger partial charge in [0, 0.05) is 11.4 Å². The van der Waals surface area contributed by atoms with Gasteiger partial charge in [0.1, 0.15) is 18.4 Å². The number of aliphatic imine (C=N–C) groups is 1. The highest BCUT2D eigenvalue weighted by atomic mass is 16.5. The summed E-state index contributed by atoms with van der Waals surface area (Å²) >= 11 is 0. The average molecular weight is 387 g/mol. The van der Waals surface area contributed by atoms with Crippen LogP contribution in [0.25, 0.3) is 0 Å².